The lowest BCUT2D eigenvalue weighted by Crippen LogP contribution is -2.06. The van der Waals surface area contributed by atoms with E-state index < -0.39 is 6.10 Å². The van der Waals surface area contributed by atoms with E-state index in [0.29, 0.717) is 6.61 Å². The first-order valence-electron chi connectivity index (χ1n) is 7.11. The molecule has 0 aromatic carbocycles. The van der Waals surface area contributed by atoms with Crippen LogP contribution in [0.15, 0.2) is 35.5 Å². The Morgan fingerprint density at radius 1 is 1.15 bits per heavy atom. The molecule has 0 radical (unpaired) electrons. The fraction of sp³-hybridized carbons (Fsp3) is 0.588. The summed E-state index contributed by atoms with van der Waals surface area (Å²) in [5.41, 5.74) is 3.33. The number of aliphatic hydroxyl groups excluding tert-OH is 1. The van der Waals surface area contributed by atoms with Gasteiger partial charge in [-0.3, -0.25) is 4.79 Å². The number of hydrogen-bond acceptors (Lipinski definition) is 3. The van der Waals surface area contributed by atoms with Crippen molar-refractivity contribution < 1.29 is 14.6 Å². The zero-order chi connectivity index (χ0) is 15.5. The molecule has 1 unspecified atom stereocenters. The first-order chi connectivity index (χ1) is 9.32. The van der Waals surface area contributed by atoms with Crippen molar-refractivity contribution in [3.05, 3.63) is 35.5 Å². The van der Waals surface area contributed by atoms with Crippen LogP contribution in [0, 0.1) is 0 Å². The second-order valence-electron chi connectivity index (χ2n) is 5.34. The molecule has 0 aromatic heterocycles. The lowest BCUT2D eigenvalue weighted by Gasteiger charge is -2.09. The maximum atomic E-state index is 10.6. The van der Waals surface area contributed by atoms with Gasteiger partial charge in [-0.1, -0.05) is 29.4 Å². The summed E-state index contributed by atoms with van der Waals surface area (Å²) in [7, 11) is 0. The summed E-state index contributed by atoms with van der Waals surface area (Å²) >= 11 is 0. The summed E-state index contributed by atoms with van der Waals surface area (Å²) in [6, 6.07) is 0. The van der Waals surface area contributed by atoms with Gasteiger partial charge in [-0.2, -0.15) is 0 Å². The normalized spacial score (nSPS) is 14.1. The molecule has 0 saturated carbocycles. The van der Waals surface area contributed by atoms with Crippen LogP contribution >= 0.6 is 0 Å². The molecule has 114 valence electrons. The topological polar surface area (TPSA) is 46.5 Å². The molecule has 1 atom stereocenters. The first-order valence-corrected chi connectivity index (χ1v) is 7.11. The number of hydrogen-bond donors (Lipinski definition) is 1. The molecular weight excluding hydrogens is 252 g/mol. The maximum Gasteiger partial charge on any atom is 0.302 e. The first kappa shape index (κ1) is 18.7. The Kier molecular flexibility index (Phi) is 9.73. The average molecular weight is 280 g/mol. The fourth-order valence-corrected chi connectivity index (χ4v) is 1.66. The molecule has 1 N–H and O–H groups in total. The van der Waals surface area contributed by atoms with E-state index in [-0.39, 0.29) is 5.97 Å². The number of carbonyl (C=O) groups excluding carboxylic acids is 1. The maximum absolute atomic E-state index is 10.6. The van der Waals surface area contributed by atoms with Gasteiger partial charge in [0.05, 0.1) is 6.10 Å². The highest BCUT2D eigenvalue weighted by Crippen LogP contribution is 2.13. The van der Waals surface area contributed by atoms with Crippen molar-refractivity contribution in [2.45, 2.75) is 59.5 Å². The van der Waals surface area contributed by atoms with Crippen molar-refractivity contribution in [1.29, 1.82) is 0 Å². The molecule has 0 aliphatic carbocycles. The second-order valence-corrected chi connectivity index (χ2v) is 5.34. The van der Waals surface area contributed by atoms with E-state index in [4.69, 9.17) is 4.74 Å². The van der Waals surface area contributed by atoms with Crippen LogP contribution < -0.4 is 0 Å². The minimum atomic E-state index is -0.399. The molecule has 0 amide bonds. The van der Waals surface area contributed by atoms with E-state index in [1.54, 1.807) is 0 Å². The van der Waals surface area contributed by atoms with Gasteiger partial charge in [0.25, 0.3) is 0 Å². The molecule has 0 bridgehead atoms. The Morgan fingerprint density at radius 3 is 2.30 bits per heavy atom. The molecule has 0 aliphatic rings. The molecule has 0 aliphatic heterocycles. The Bertz CT molecular complexity index is 378. The van der Waals surface area contributed by atoms with Crippen LogP contribution in [0.3, 0.4) is 0 Å². The minimum absolute atomic E-state index is 0.249. The van der Waals surface area contributed by atoms with Crippen LogP contribution in [-0.4, -0.2) is 23.8 Å². The lowest BCUT2D eigenvalue weighted by molar-refractivity contribution is -0.139. The van der Waals surface area contributed by atoms with E-state index in [2.05, 4.69) is 19.6 Å². The molecular formula is C17H28O3. The molecule has 0 aromatic rings. The average Bonchev–Trinajstić information content (AvgIpc) is 2.35. The number of aliphatic hydroxyl groups is 1. The van der Waals surface area contributed by atoms with Gasteiger partial charge in [0, 0.05) is 6.92 Å². The van der Waals surface area contributed by atoms with E-state index in [9.17, 15) is 9.90 Å². The van der Waals surface area contributed by atoms with Crippen molar-refractivity contribution in [2.75, 3.05) is 6.61 Å². The van der Waals surface area contributed by atoms with Crippen LogP contribution in [0.25, 0.3) is 0 Å². The van der Waals surface area contributed by atoms with Crippen LogP contribution in [0.4, 0.5) is 0 Å². The summed E-state index contributed by atoms with van der Waals surface area (Å²) in [6.07, 6.45) is 7.30. The second kappa shape index (κ2) is 10.4. The van der Waals surface area contributed by atoms with Gasteiger partial charge in [-0.15, -0.1) is 0 Å². The third kappa shape index (κ3) is 10.6. The van der Waals surface area contributed by atoms with Gasteiger partial charge in [-0.25, -0.2) is 0 Å². The summed E-state index contributed by atoms with van der Waals surface area (Å²) in [5.74, 6) is -0.249. The molecule has 0 heterocycles. The highest BCUT2D eigenvalue weighted by atomic mass is 16.5. The predicted molar refractivity (Wildman–Crippen MR) is 83.4 cm³/mol. The van der Waals surface area contributed by atoms with Crippen molar-refractivity contribution in [3.63, 3.8) is 0 Å². The smallest absolute Gasteiger partial charge is 0.302 e. The van der Waals surface area contributed by atoms with E-state index >= 15 is 0 Å². The number of rotatable bonds is 9. The molecule has 0 spiro atoms. The minimum Gasteiger partial charge on any atom is -0.462 e. The zero-order valence-corrected chi connectivity index (χ0v) is 13.2. The highest BCUT2D eigenvalue weighted by Gasteiger charge is 2.03. The number of carbonyl (C=O) groups is 1. The van der Waals surface area contributed by atoms with Crippen LogP contribution in [0.5, 0.6) is 0 Å². The summed E-state index contributed by atoms with van der Waals surface area (Å²) in [6.45, 7) is 11.5. The van der Waals surface area contributed by atoms with Gasteiger partial charge in [0.15, 0.2) is 0 Å². The van der Waals surface area contributed by atoms with E-state index in [1.807, 2.05) is 19.9 Å². The van der Waals surface area contributed by atoms with E-state index in [1.165, 1.54) is 18.1 Å². The Hall–Kier alpha value is -1.35. The van der Waals surface area contributed by atoms with Crippen LogP contribution in [0.1, 0.15) is 53.4 Å². The summed E-state index contributed by atoms with van der Waals surface area (Å²) < 4.78 is 4.86. The van der Waals surface area contributed by atoms with Crippen molar-refractivity contribution in [2.24, 2.45) is 0 Å². The van der Waals surface area contributed by atoms with Crippen molar-refractivity contribution in [1.82, 2.24) is 0 Å². The SMILES string of the molecule is C=C(C)C(O)CCC(C)=CCCC(C)=CCOC(C)=O. The Morgan fingerprint density at radius 2 is 1.75 bits per heavy atom. The van der Waals surface area contributed by atoms with Gasteiger partial charge in [-0.05, 0) is 52.5 Å². The van der Waals surface area contributed by atoms with Gasteiger partial charge < -0.3 is 9.84 Å². The molecule has 0 fully saturated rings. The summed E-state index contributed by atoms with van der Waals surface area (Å²) in [5, 5.41) is 9.65. The number of ether oxygens (including phenoxy) is 1. The molecule has 0 saturated heterocycles. The van der Waals surface area contributed by atoms with Crippen molar-refractivity contribution in [3.8, 4) is 0 Å². The zero-order valence-electron chi connectivity index (χ0n) is 13.2. The largest absolute Gasteiger partial charge is 0.462 e. The highest BCUT2D eigenvalue weighted by molar-refractivity contribution is 5.66. The van der Waals surface area contributed by atoms with Crippen LogP contribution in [-0.2, 0) is 9.53 Å². The fourth-order valence-electron chi connectivity index (χ4n) is 1.66. The number of esters is 1. The van der Waals surface area contributed by atoms with Gasteiger partial charge in [0.1, 0.15) is 6.61 Å². The Balaban J connectivity index is 3.92. The monoisotopic (exact) mass is 280 g/mol. The molecule has 3 nitrogen and oxygen atoms in total. The van der Waals surface area contributed by atoms with Crippen LogP contribution in [0.2, 0.25) is 0 Å². The molecule has 3 heteroatoms. The third-order valence-corrected chi connectivity index (χ3v) is 3.13. The summed E-state index contributed by atoms with van der Waals surface area (Å²) in [4.78, 5) is 10.6. The number of allylic oxidation sites excluding steroid dienone is 3. The predicted octanol–water partition coefficient (Wildman–Crippen LogP) is 3.94. The molecule has 20 heavy (non-hydrogen) atoms. The third-order valence-electron chi connectivity index (χ3n) is 3.13. The molecule has 0 rings (SSSR count). The quantitative estimate of drug-likeness (QED) is 0.514. The van der Waals surface area contributed by atoms with Gasteiger partial charge >= 0.3 is 5.97 Å². The lowest BCUT2D eigenvalue weighted by atomic mass is 10.0. The standard InChI is InChI=1S/C17H28O3/c1-13(2)17(19)10-9-14(3)7-6-8-15(4)11-12-20-16(5)18/h7,11,17,19H,1,6,8-10,12H2,2-5H3. The Labute approximate surface area is 123 Å². The van der Waals surface area contributed by atoms with Crippen molar-refractivity contribution >= 4 is 5.97 Å². The van der Waals surface area contributed by atoms with E-state index in [0.717, 1.165) is 31.3 Å². The van der Waals surface area contributed by atoms with Gasteiger partial charge in [0.2, 0.25) is 0 Å².